The third-order valence-corrected chi connectivity index (χ3v) is 7.52. The largest absolute Gasteiger partial charge is 0.353 e. The van der Waals surface area contributed by atoms with Gasteiger partial charge in [-0.05, 0) is 55.9 Å². The van der Waals surface area contributed by atoms with Crippen LogP contribution in [0.2, 0.25) is 0 Å². The van der Waals surface area contributed by atoms with Crippen LogP contribution < -0.4 is 5.32 Å². The van der Waals surface area contributed by atoms with Gasteiger partial charge in [0, 0.05) is 19.1 Å². The quantitative estimate of drug-likeness (QED) is 0.871. The fourth-order valence-corrected chi connectivity index (χ4v) is 5.49. The fraction of sp³-hybridized carbons (Fsp3) is 0.632. The van der Waals surface area contributed by atoms with E-state index in [4.69, 9.17) is 0 Å². The molecule has 2 aliphatic rings. The number of sulfonamides is 1. The lowest BCUT2D eigenvalue weighted by atomic mass is 9.85. The van der Waals surface area contributed by atoms with E-state index in [2.05, 4.69) is 12.2 Å². The Kier molecular flexibility index (Phi) is 5.97. The van der Waals surface area contributed by atoms with Crippen molar-refractivity contribution in [3.8, 4) is 0 Å². The van der Waals surface area contributed by atoms with Crippen LogP contribution in [-0.2, 0) is 14.8 Å². The summed E-state index contributed by atoms with van der Waals surface area (Å²) in [5.74, 6) is -0.368. The highest BCUT2D eigenvalue weighted by atomic mass is 32.2. The van der Waals surface area contributed by atoms with Crippen molar-refractivity contribution in [2.75, 3.05) is 13.1 Å². The third kappa shape index (κ3) is 4.26. The molecule has 1 aliphatic carbocycles. The predicted molar refractivity (Wildman–Crippen MR) is 97.4 cm³/mol. The zero-order chi connectivity index (χ0) is 18.7. The summed E-state index contributed by atoms with van der Waals surface area (Å²) in [6.45, 7) is 2.74. The first-order chi connectivity index (χ1) is 12.4. The first-order valence-corrected chi connectivity index (χ1v) is 10.9. The van der Waals surface area contributed by atoms with E-state index in [1.165, 1.54) is 22.9 Å². The molecular formula is C19H27FN2O3S. The van der Waals surface area contributed by atoms with Gasteiger partial charge < -0.3 is 5.32 Å². The summed E-state index contributed by atoms with van der Waals surface area (Å²) in [6, 6.07) is 5.04. The summed E-state index contributed by atoms with van der Waals surface area (Å²) in [4.78, 5) is 12.8. The van der Waals surface area contributed by atoms with Crippen molar-refractivity contribution in [3.05, 3.63) is 30.1 Å². The standard InChI is InChI=1S/C19H27FN2O3S/c1-14-5-2-3-7-18(14)21-19(23)15-6-4-12-22(13-15)26(24,25)17-10-8-16(20)9-11-17/h8-11,14-15,18H,2-7,12-13H2,1H3,(H,21,23)/t14-,15+,18-/m0/s1. The molecule has 1 heterocycles. The highest BCUT2D eigenvalue weighted by molar-refractivity contribution is 7.89. The summed E-state index contributed by atoms with van der Waals surface area (Å²) >= 11 is 0. The molecule has 3 atom stereocenters. The average Bonchev–Trinajstić information content (AvgIpc) is 2.64. The molecule has 1 aromatic rings. The molecule has 0 spiro atoms. The summed E-state index contributed by atoms with van der Waals surface area (Å²) in [7, 11) is -3.70. The van der Waals surface area contributed by atoms with Crippen LogP contribution in [0.4, 0.5) is 4.39 Å². The Balaban J connectivity index is 1.66. The van der Waals surface area contributed by atoms with E-state index in [9.17, 15) is 17.6 Å². The molecule has 1 saturated heterocycles. The topological polar surface area (TPSA) is 66.5 Å². The van der Waals surface area contributed by atoms with Gasteiger partial charge in [0.15, 0.2) is 0 Å². The number of amides is 1. The van der Waals surface area contributed by atoms with Crippen LogP contribution >= 0.6 is 0 Å². The minimum Gasteiger partial charge on any atom is -0.353 e. The Morgan fingerprint density at radius 3 is 2.50 bits per heavy atom. The third-order valence-electron chi connectivity index (χ3n) is 5.65. The molecular weight excluding hydrogens is 355 g/mol. The molecule has 5 nitrogen and oxygen atoms in total. The van der Waals surface area contributed by atoms with Crippen LogP contribution in [-0.4, -0.2) is 37.8 Å². The molecule has 0 bridgehead atoms. The van der Waals surface area contributed by atoms with Gasteiger partial charge >= 0.3 is 0 Å². The van der Waals surface area contributed by atoms with Gasteiger partial charge in [0.25, 0.3) is 0 Å². The number of piperidine rings is 1. The molecule has 3 rings (SSSR count). The van der Waals surface area contributed by atoms with Gasteiger partial charge in [-0.25, -0.2) is 12.8 Å². The van der Waals surface area contributed by atoms with E-state index in [-0.39, 0.29) is 29.3 Å². The van der Waals surface area contributed by atoms with E-state index in [0.29, 0.717) is 25.3 Å². The molecule has 26 heavy (non-hydrogen) atoms. The first kappa shape index (κ1) is 19.3. The maximum Gasteiger partial charge on any atom is 0.243 e. The maximum absolute atomic E-state index is 13.1. The van der Waals surface area contributed by atoms with Crippen molar-refractivity contribution in [2.24, 2.45) is 11.8 Å². The smallest absolute Gasteiger partial charge is 0.243 e. The summed E-state index contributed by atoms with van der Waals surface area (Å²) in [5, 5.41) is 3.15. The number of benzene rings is 1. The van der Waals surface area contributed by atoms with Gasteiger partial charge in [0.05, 0.1) is 10.8 Å². The van der Waals surface area contributed by atoms with Crippen molar-refractivity contribution in [1.29, 1.82) is 0 Å². The minimum atomic E-state index is -3.70. The second kappa shape index (κ2) is 8.05. The van der Waals surface area contributed by atoms with E-state index < -0.39 is 15.8 Å². The first-order valence-electron chi connectivity index (χ1n) is 9.44. The molecule has 1 amide bonds. The fourth-order valence-electron chi connectivity index (χ4n) is 3.96. The normalized spacial score (nSPS) is 27.8. The van der Waals surface area contributed by atoms with Crippen LogP contribution in [0.1, 0.15) is 45.4 Å². The zero-order valence-electron chi connectivity index (χ0n) is 15.2. The van der Waals surface area contributed by atoms with Crippen molar-refractivity contribution >= 4 is 15.9 Å². The molecule has 2 fully saturated rings. The zero-order valence-corrected chi connectivity index (χ0v) is 16.0. The minimum absolute atomic E-state index is 0.0391. The molecule has 7 heteroatoms. The molecule has 1 aliphatic heterocycles. The molecule has 0 radical (unpaired) electrons. The second-order valence-electron chi connectivity index (χ2n) is 7.53. The van der Waals surface area contributed by atoms with E-state index in [1.807, 2.05) is 0 Å². The van der Waals surface area contributed by atoms with Crippen LogP contribution in [0.3, 0.4) is 0 Å². The summed E-state index contributed by atoms with van der Waals surface area (Å²) < 4.78 is 40.0. The molecule has 1 N–H and O–H groups in total. The lowest BCUT2D eigenvalue weighted by Gasteiger charge is -2.34. The Morgan fingerprint density at radius 2 is 1.81 bits per heavy atom. The van der Waals surface area contributed by atoms with Gasteiger partial charge in [-0.2, -0.15) is 4.31 Å². The SMILES string of the molecule is C[C@H]1CCCC[C@@H]1NC(=O)[C@@H]1CCCN(S(=O)(=O)c2ccc(F)cc2)C1. The average molecular weight is 383 g/mol. The van der Waals surface area contributed by atoms with Crippen molar-refractivity contribution in [2.45, 2.75) is 56.4 Å². The second-order valence-corrected chi connectivity index (χ2v) is 9.47. The van der Waals surface area contributed by atoms with Crippen molar-refractivity contribution in [3.63, 3.8) is 0 Å². The number of hydrogen-bond acceptors (Lipinski definition) is 3. The highest BCUT2D eigenvalue weighted by Gasteiger charge is 2.34. The van der Waals surface area contributed by atoms with E-state index in [0.717, 1.165) is 31.4 Å². The Morgan fingerprint density at radius 1 is 1.12 bits per heavy atom. The lowest BCUT2D eigenvalue weighted by Crippen LogP contribution is -2.49. The molecule has 0 aromatic heterocycles. The van der Waals surface area contributed by atoms with Gasteiger partial charge in [-0.3, -0.25) is 4.79 Å². The van der Waals surface area contributed by atoms with Crippen molar-refractivity contribution in [1.82, 2.24) is 9.62 Å². The molecule has 1 aromatic carbocycles. The molecule has 1 saturated carbocycles. The monoisotopic (exact) mass is 382 g/mol. The van der Waals surface area contributed by atoms with Crippen LogP contribution in [0.15, 0.2) is 29.2 Å². The van der Waals surface area contributed by atoms with Crippen molar-refractivity contribution < 1.29 is 17.6 Å². The number of nitrogens with one attached hydrogen (secondary N) is 1. The lowest BCUT2D eigenvalue weighted by molar-refractivity contribution is -0.127. The summed E-state index contributed by atoms with van der Waals surface area (Å²) in [6.07, 6.45) is 5.81. The number of halogens is 1. The predicted octanol–water partition coefficient (Wildman–Crippen LogP) is 2.92. The number of carbonyl (C=O) groups is 1. The van der Waals surface area contributed by atoms with Gasteiger partial charge in [-0.15, -0.1) is 0 Å². The highest BCUT2D eigenvalue weighted by Crippen LogP contribution is 2.27. The number of nitrogens with zero attached hydrogens (tertiary/aromatic N) is 1. The number of rotatable bonds is 4. The van der Waals surface area contributed by atoms with Gasteiger partial charge in [-0.1, -0.05) is 19.8 Å². The summed E-state index contributed by atoms with van der Waals surface area (Å²) in [5.41, 5.74) is 0. The number of carbonyl (C=O) groups excluding carboxylic acids is 1. The van der Waals surface area contributed by atoms with Gasteiger partial charge in [0.2, 0.25) is 15.9 Å². The van der Waals surface area contributed by atoms with E-state index in [1.54, 1.807) is 0 Å². The van der Waals surface area contributed by atoms with Crippen LogP contribution in [0, 0.1) is 17.7 Å². The van der Waals surface area contributed by atoms with Crippen LogP contribution in [0.5, 0.6) is 0 Å². The molecule has 0 unspecified atom stereocenters. The Hall–Kier alpha value is -1.47. The van der Waals surface area contributed by atoms with E-state index >= 15 is 0 Å². The van der Waals surface area contributed by atoms with Crippen LogP contribution in [0.25, 0.3) is 0 Å². The Bertz CT molecular complexity index is 736. The maximum atomic E-state index is 13.1. The molecule has 144 valence electrons. The number of hydrogen-bond donors (Lipinski definition) is 1. The van der Waals surface area contributed by atoms with Gasteiger partial charge in [0.1, 0.15) is 5.82 Å². The Labute approximate surface area is 155 Å².